The van der Waals surface area contributed by atoms with Crippen LogP contribution in [0.2, 0.25) is 0 Å². The van der Waals surface area contributed by atoms with E-state index in [1.54, 1.807) is 7.11 Å². The molecule has 0 heterocycles. The van der Waals surface area contributed by atoms with Crippen molar-refractivity contribution in [2.75, 3.05) is 20.2 Å². The Kier molecular flexibility index (Phi) is 5.01. The van der Waals surface area contributed by atoms with Gasteiger partial charge in [0.25, 0.3) is 0 Å². The third-order valence-corrected chi connectivity index (χ3v) is 3.74. The van der Waals surface area contributed by atoms with Gasteiger partial charge in [-0.3, -0.25) is 10.3 Å². The molecule has 1 aliphatic carbocycles. The number of ether oxygens (including phenoxy) is 1. The molecular weight excluding hydrogens is 250 g/mol. The zero-order chi connectivity index (χ0) is 14.5. The number of hydrogen-bond acceptors (Lipinski definition) is 3. The molecule has 0 amide bonds. The summed E-state index contributed by atoms with van der Waals surface area (Å²) in [6.07, 6.45) is 3.89. The molecule has 1 aliphatic rings. The van der Waals surface area contributed by atoms with E-state index in [4.69, 9.17) is 15.9 Å². The molecule has 1 fully saturated rings. The smallest absolute Gasteiger partial charge is 0.123 e. The molecule has 3 N–H and O–H groups in total. The van der Waals surface area contributed by atoms with Gasteiger partial charge in [-0.25, -0.2) is 0 Å². The van der Waals surface area contributed by atoms with E-state index < -0.39 is 0 Å². The van der Waals surface area contributed by atoms with Crippen LogP contribution in [0.25, 0.3) is 0 Å². The van der Waals surface area contributed by atoms with Crippen molar-refractivity contribution in [3.63, 3.8) is 0 Å². The third kappa shape index (κ3) is 3.97. The minimum atomic E-state index is 0.109. The first-order chi connectivity index (χ1) is 9.63. The topological polar surface area (TPSA) is 62.3 Å². The van der Waals surface area contributed by atoms with E-state index >= 15 is 0 Å². The van der Waals surface area contributed by atoms with Crippen LogP contribution < -0.4 is 10.5 Å². The van der Waals surface area contributed by atoms with Crippen LogP contribution in [0.4, 0.5) is 0 Å². The van der Waals surface area contributed by atoms with Crippen molar-refractivity contribution >= 4 is 5.84 Å². The summed E-state index contributed by atoms with van der Waals surface area (Å²) in [7, 11) is 1.69. The van der Waals surface area contributed by atoms with Crippen LogP contribution in [0.15, 0.2) is 18.2 Å². The molecule has 2 rings (SSSR count). The van der Waals surface area contributed by atoms with Crippen molar-refractivity contribution in [1.82, 2.24) is 4.90 Å². The molecule has 20 heavy (non-hydrogen) atoms. The van der Waals surface area contributed by atoms with E-state index in [0.717, 1.165) is 42.3 Å². The zero-order valence-electron chi connectivity index (χ0n) is 12.5. The average Bonchev–Trinajstić information content (AvgIpc) is 3.22. The van der Waals surface area contributed by atoms with Gasteiger partial charge in [-0.1, -0.05) is 6.92 Å². The molecule has 0 unspecified atom stereocenters. The molecule has 1 saturated carbocycles. The summed E-state index contributed by atoms with van der Waals surface area (Å²) >= 11 is 0. The second kappa shape index (κ2) is 6.75. The Labute approximate surface area is 121 Å². The Morgan fingerprint density at radius 1 is 1.45 bits per heavy atom. The number of nitrogens with zero attached hydrogens (tertiary/aromatic N) is 1. The minimum absolute atomic E-state index is 0.109. The van der Waals surface area contributed by atoms with Gasteiger partial charge < -0.3 is 10.5 Å². The Morgan fingerprint density at radius 3 is 2.75 bits per heavy atom. The molecular formula is C16H25N3O. The van der Waals surface area contributed by atoms with Gasteiger partial charge in [0.1, 0.15) is 11.6 Å². The molecule has 4 heteroatoms. The number of hydrogen-bond donors (Lipinski definition) is 2. The summed E-state index contributed by atoms with van der Waals surface area (Å²) in [5.74, 6) is 1.87. The van der Waals surface area contributed by atoms with Crippen molar-refractivity contribution in [3.05, 3.63) is 29.3 Å². The maximum Gasteiger partial charge on any atom is 0.123 e. The molecule has 1 aromatic carbocycles. The maximum atomic E-state index is 7.57. The van der Waals surface area contributed by atoms with Crippen LogP contribution in [0.3, 0.4) is 0 Å². The fraction of sp³-hybridized carbons (Fsp3) is 0.562. The molecule has 0 radical (unpaired) electrons. The van der Waals surface area contributed by atoms with E-state index in [1.807, 2.05) is 18.2 Å². The number of nitrogens with two attached hydrogens (primary N) is 1. The van der Waals surface area contributed by atoms with Crippen molar-refractivity contribution in [2.45, 2.75) is 32.7 Å². The SMILES string of the molecule is CCCN(Cc1cc(C(=N)N)ccc1OC)CC1CC1. The molecule has 0 spiro atoms. The first-order valence-electron chi connectivity index (χ1n) is 7.37. The summed E-state index contributed by atoms with van der Waals surface area (Å²) < 4.78 is 5.44. The average molecular weight is 275 g/mol. The number of rotatable bonds is 8. The van der Waals surface area contributed by atoms with Crippen LogP contribution in [0.1, 0.15) is 37.3 Å². The van der Waals surface area contributed by atoms with Gasteiger partial charge in [-0.15, -0.1) is 0 Å². The molecule has 0 bridgehead atoms. The first-order valence-corrected chi connectivity index (χ1v) is 7.37. The molecule has 110 valence electrons. The van der Waals surface area contributed by atoms with E-state index in [2.05, 4.69) is 11.8 Å². The van der Waals surface area contributed by atoms with Gasteiger partial charge in [0.05, 0.1) is 7.11 Å². The molecule has 0 aliphatic heterocycles. The van der Waals surface area contributed by atoms with E-state index in [-0.39, 0.29) is 5.84 Å². The van der Waals surface area contributed by atoms with Gasteiger partial charge in [-0.05, 0) is 49.9 Å². The van der Waals surface area contributed by atoms with Crippen molar-refractivity contribution in [2.24, 2.45) is 11.7 Å². The normalized spacial score (nSPS) is 14.6. The van der Waals surface area contributed by atoms with Crippen LogP contribution in [-0.4, -0.2) is 30.9 Å². The van der Waals surface area contributed by atoms with Gasteiger partial charge >= 0.3 is 0 Å². The Bertz CT molecular complexity index is 469. The number of nitrogen functional groups attached to an aromatic ring is 1. The monoisotopic (exact) mass is 275 g/mol. The lowest BCUT2D eigenvalue weighted by molar-refractivity contribution is 0.251. The summed E-state index contributed by atoms with van der Waals surface area (Å²) in [5, 5.41) is 7.57. The Morgan fingerprint density at radius 2 is 2.20 bits per heavy atom. The molecule has 0 aromatic heterocycles. The minimum Gasteiger partial charge on any atom is -0.496 e. The second-order valence-corrected chi connectivity index (χ2v) is 5.62. The highest BCUT2D eigenvalue weighted by molar-refractivity contribution is 5.95. The van der Waals surface area contributed by atoms with E-state index in [0.29, 0.717) is 0 Å². The highest BCUT2D eigenvalue weighted by Crippen LogP contribution is 2.31. The molecule has 0 atom stereocenters. The predicted octanol–water partition coefficient (Wildman–Crippen LogP) is 2.60. The van der Waals surface area contributed by atoms with Crippen molar-refractivity contribution in [1.29, 1.82) is 5.41 Å². The molecule has 1 aromatic rings. The summed E-state index contributed by atoms with van der Waals surface area (Å²) in [6.45, 7) is 5.35. The highest BCUT2D eigenvalue weighted by atomic mass is 16.5. The zero-order valence-corrected chi connectivity index (χ0v) is 12.5. The van der Waals surface area contributed by atoms with Gasteiger partial charge in [0, 0.05) is 24.2 Å². The van der Waals surface area contributed by atoms with Crippen LogP contribution >= 0.6 is 0 Å². The number of benzene rings is 1. The van der Waals surface area contributed by atoms with Gasteiger partial charge in [0.15, 0.2) is 0 Å². The Balaban J connectivity index is 2.14. The second-order valence-electron chi connectivity index (χ2n) is 5.62. The van der Waals surface area contributed by atoms with Crippen LogP contribution in [-0.2, 0) is 6.54 Å². The van der Waals surface area contributed by atoms with Crippen molar-refractivity contribution < 1.29 is 4.74 Å². The number of methoxy groups -OCH3 is 1. The fourth-order valence-corrected chi connectivity index (χ4v) is 2.53. The van der Waals surface area contributed by atoms with E-state index in [9.17, 15) is 0 Å². The van der Waals surface area contributed by atoms with Crippen molar-refractivity contribution in [3.8, 4) is 5.75 Å². The summed E-state index contributed by atoms with van der Waals surface area (Å²) in [5.41, 5.74) is 7.47. The number of amidine groups is 1. The fourth-order valence-electron chi connectivity index (χ4n) is 2.53. The van der Waals surface area contributed by atoms with E-state index in [1.165, 1.54) is 19.4 Å². The van der Waals surface area contributed by atoms with Crippen LogP contribution in [0.5, 0.6) is 5.75 Å². The standard InChI is InChI=1S/C16H25N3O/c1-3-8-19(10-12-4-5-12)11-14-9-13(16(17)18)6-7-15(14)20-2/h6-7,9,12H,3-5,8,10-11H2,1-2H3,(H3,17,18). The third-order valence-electron chi connectivity index (χ3n) is 3.74. The lowest BCUT2D eigenvalue weighted by atomic mass is 10.1. The largest absolute Gasteiger partial charge is 0.496 e. The van der Waals surface area contributed by atoms with Gasteiger partial charge in [-0.2, -0.15) is 0 Å². The van der Waals surface area contributed by atoms with Gasteiger partial charge in [0.2, 0.25) is 0 Å². The van der Waals surface area contributed by atoms with Crippen LogP contribution in [0, 0.1) is 11.3 Å². The highest BCUT2D eigenvalue weighted by Gasteiger charge is 2.24. The predicted molar refractivity (Wildman–Crippen MR) is 82.3 cm³/mol. The summed E-state index contributed by atoms with van der Waals surface area (Å²) in [4.78, 5) is 2.49. The quantitative estimate of drug-likeness (QED) is 0.566. The molecule has 0 saturated heterocycles. The lowest BCUT2D eigenvalue weighted by Crippen LogP contribution is -2.27. The maximum absolute atomic E-state index is 7.57. The Hall–Kier alpha value is -1.55. The number of nitrogens with one attached hydrogen (secondary N) is 1. The summed E-state index contributed by atoms with van der Waals surface area (Å²) in [6, 6.07) is 5.74. The first kappa shape index (κ1) is 14.9. The molecule has 4 nitrogen and oxygen atoms in total. The lowest BCUT2D eigenvalue weighted by Gasteiger charge is -2.23.